The van der Waals surface area contributed by atoms with E-state index in [4.69, 9.17) is 9.47 Å². The first-order valence-electron chi connectivity index (χ1n) is 3.77. The van der Waals surface area contributed by atoms with Gasteiger partial charge in [-0.05, 0) is 0 Å². The van der Waals surface area contributed by atoms with Gasteiger partial charge < -0.3 is 9.47 Å². The molecule has 0 N–H and O–H groups in total. The molecular formula is C7H9F2IO2. The smallest absolute Gasteiger partial charge is 0.272 e. The molecule has 5 heteroatoms. The van der Waals surface area contributed by atoms with Crippen LogP contribution in [0.15, 0.2) is 0 Å². The highest BCUT2D eigenvalue weighted by atomic mass is 127. The van der Waals surface area contributed by atoms with Gasteiger partial charge in [-0.2, -0.15) is 0 Å². The first-order chi connectivity index (χ1) is 5.62. The van der Waals surface area contributed by atoms with Gasteiger partial charge in [0.1, 0.15) is 0 Å². The molecule has 1 fully saturated rings. The molecule has 0 aromatic rings. The van der Waals surface area contributed by atoms with Crippen molar-refractivity contribution in [2.45, 2.75) is 22.6 Å². The van der Waals surface area contributed by atoms with Gasteiger partial charge in [-0.3, -0.25) is 0 Å². The van der Waals surface area contributed by atoms with Crippen LogP contribution in [-0.4, -0.2) is 26.9 Å². The second-order valence-corrected chi connectivity index (χ2v) is 5.73. The maximum absolute atomic E-state index is 12.7. The van der Waals surface area contributed by atoms with Crippen LogP contribution in [0.3, 0.4) is 0 Å². The zero-order valence-corrected chi connectivity index (χ0v) is 8.51. The average molecular weight is 290 g/mol. The molecule has 1 saturated heterocycles. The lowest BCUT2D eigenvalue weighted by Gasteiger charge is -2.28. The Morgan fingerprint density at radius 3 is 2.33 bits per heavy atom. The monoisotopic (exact) mass is 290 g/mol. The number of alkyl halides is 3. The van der Waals surface area contributed by atoms with E-state index in [1.807, 2.05) is 0 Å². The molecule has 0 radical (unpaired) electrons. The highest BCUT2D eigenvalue weighted by molar-refractivity contribution is 14.2. The fourth-order valence-corrected chi connectivity index (χ4v) is 3.85. The summed E-state index contributed by atoms with van der Waals surface area (Å²) in [5.41, 5.74) is 0. The topological polar surface area (TPSA) is 18.5 Å². The molecule has 2 nitrogen and oxygen atoms in total. The molecule has 2 rings (SSSR count). The van der Waals surface area contributed by atoms with Crippen LogP contribution in [0.4, 0.5) is 8.78 Å². The van der Waals surface area contributed by atoms with Crippen LogP contribution in [0.2, 0.25) is 0 Å². The zero-order chi connectivity index (χ0) is 8.66. The lowest BCUT2D eigenvalue weighted by molar-refractivity contribution is -0.0794. The number of ether oxygens (including phenoxy) is 2. The Morgan fingerprint density at radius 1 is 1.17 bits per heavy atom. The minimum Gasteiger partial charge on any atom is -0.340 e. The van der Waals surface area contributed by atoms with E-state index in [-0.39, 0.29) is 6.42 Å². The first kappa shape index (κ1) is 8.96. The van der Waals surface area contributed by atoms with Gasteiger partial charge in [0.25, 0.3) is 5.92 Å². The van der Waals surface area contributed by atoms with Gasteiger partial charge in [0.15, 0.2) is 0 Å². The van der Waals surface area contributed by atoms with Gasteiger partial charge in [0.05, 0.1) is 13.2 Å². The molecule has 2 heterocycles. The summed E-state index contributed by atoms with van der Waals surface area (Å²) in [6, 6.07) is 0. The van der Waals surface area contributed by atoms with Crippen LogP contribution in [0.25, 0.3) is 0 Å². The van der Waals surface area contributed by atoms with E-state index in [1.165, 1.54) is 0 Å². The normalized spacial score (nSPS) is 31.8. The summed E-state index contributed by atoms with van der Waals surface area (Å²) in [7, 11) is 0. The summed E-state index contributed by atoms with van der Waals surface area (Å²) in [4.78, 5) is 0. The van der Waals surface area contributed by atoms with Crippen molar-refractivity contribution in [2.75, 3.05) is 13.2 Å². The minimum absolute atomic E-state index is 0.132. The van der Waals surface area contributed by atoms with Crippen molar-refractivity contribution >= 4 is 24.7 Å². The predicted octanol–water partition coefficient (Wildman–Crippen LogP) is 1.89. The van der Waals surface area contributed by atoms with Crippen molar-refractivity contribution in [3.8, 4) is 0 Å². The van der Waals surface area contributed by atoms with Crippen LogP contribution in [0.1, 0.15) is 12.8 Å². The van der Waals surface area contributed by atoms with Gasteiger partial charge in [-0.1, -0.05) is 20.7 Å². The van der Waals surface area contributed by atoms with Crippen molar-refractivity contribution in [3.05, 3.63) is 0 Å². The Kier molecular flexibility index (Phi) is 2.20. The van der Waals surface area contributed by atoms with Gasteiger partial charge in [0.2, 0.25) is 3.79 Å². The quantitative estimate of drug-likeness (QED) is 0.501. The lowest BCUT2D eigenvalue weighted by Crippen LogP contribution is -2.32. The van der Waals surface area contributed by atoms with Gasteiger partial charge in [-0.25, -0.2) is 8.78 Å². The third-order valence-electron chi connectivity index (χ3n) is 1.86. The number of hydrogen-bond donors (Lipinski definition) is 0. The molecular weight excluding hydrogens is 281 g/mol. The molecule has 0 aromatic heterocycles. The second kappa shape index (κ2) is 2.95. The molecule has 0 atom stereocenters. The number of rotatable bonds is 0. The van der Waals surface area contributed by atoms with E-state index in [2.05, 4.69) is 0 Å². The number of halogens is 3. The maximum Gasteiger partial charge on any atom is 0.272 e. The number of hydrogen-bond acceptors (Lipinski definition) is 2. The Balaban J connectivity index is 2.13. The molecule has 0 bridgehead atoms. The molecule has 0 unspecified atom stereocenters. The van der Waals surface area contributed by atoms with Crippen molar-refractivity contribution in [3.63, 3.8) is 0 Å². The van der Waals surface area contributed by atoms with Gasteiger partial charge in [-0.15, -0.1) is 0 Å². The Bertz CT molecular complexity index is 211. The molecule has 70 valence electrons. The average Bonchev–Trinajstić information content (AvgIpc) is 2.46. The lowest BCUT2D eigenvalue weighted by atomic mass is 10.2. The Labute approximate surface area is 79.0 Å². The zero-order valence-electron chi connectivity index (χ0n) is 6.36. The second-order valence-electron chi connectivity index (χ2n) is 2.84. The van der Waals surface area contributed by atoms with E-state index in [1.54, 1.807) is 0 Å². The summed E-state index contributed by atoms with van der Waals surface area (Å²) in [6.45, 7) is 1.11. The maximum atomic E-state index is 12.7. The molecule has 0 aromatic carbocycles. The van der Waals surface area contributed by atoms with Crippen LogP contribution < -0.4 is 0 Å². The molecule has 0 amide bonds. The third kappa shape index (κ3) is 1.67. The van der Waals surface area contributed by atoms with E-state index in [9.17, 15) is 8.78 Å². The van der Waals surface area contributed by atoms with Crippen molar-refractivity contribution in [1.29, 1.82) is 0 Å². The fourth-order valence-electron chi connectivity index (χ4n) is 1.23. The molecule has 2 aliphatic rings. The Morgan fingerprint density at radius 2 is 1.83 bits per heavy atom. The summed E-state index contributed by atoms with van der Waals surface area (Å²) in [5.74, 6) is -2.58. The largest absolute Gasteiger partial charge is 0.340 e. The van der Waals surface area contributed by atoms with E-state index in [0.29, 0.717) is 19.6 Å². The summed E-state index contributed by atoms with van der Waals surface area (Å²) < 4.78 is 36.6. The molecule has 0 aliphatic carbocycles. The van der Waals surface area contributed by atoms with Crippen LogP contribution >= 0.6 is 20.7 Å². The SMILES string of the molecule is FC1(F)C=IC2(CC1)OCCO2. The van der Waals surface area contributed by atoms with Crippen molar-refractivity contribution in [2.24, 2.45) is 0 Å². The molecule has 0 saturated carbocycles. The highest BCUT2D eigenvalue weighted by Crippen LogP contribution is 2.43. The van der Waals surface area contributed by atoms with Crippen LogP contribution in [0.5, 0.6) is 0 Å². The fraction of sp³-hybridized carbons (Fsp3) is 0.857. The summed E-state index contributed by atoms with van der Waals surface area (Å²) >= 11 is -0.785. The first-order valence-corrected chi connectivity index (χ1v) is 6.09. The standard InChI is InChI=1S/C7H9F2IO2/c8-6(9)1-2-7(10-5-6)11-3-4-12-7/h5H,1-4H2. The Hall–Kier alpha value is 0.380. The summed E-state index contributed by atoms with van der Waals surface area (Å²) in [5, 5.41) is 0. The van der Waals surface area contributed by atoms with Crippen molar-refractivity contribution < 1.29 is 18.3 Å². The van der Waals surface area contributed by atoms with Gasteiger partial charge in [0, 0.05) is 16.9 Å². The summed E-state index contributed by atoms with van der Waals surface area (Å²) in [6.07, 6.45) is 0.219. The molecule has 12 heavy (non-hydrogen) atoms. The van der Waals surface area contributed by atoms with E-state index in [0.717, 1.165) is 4.01 Å². The van der Waals surface area contributed by atoms with Gasteiger partial charge >= 0.3 is 0 Å². The van der Waals surface area contributed by atoms with Crippen LogP contribution in [0, 0.1) is 0 Å². The van der Waals surface area contributed by atoms with E-state index >= 15 is 0 Å². The predicted molar refractivity (Wildman–Crippen MR) is 48.9 cm³/mol. The van der Waals surface area contributed by atoms with E-state index < -0.39 is 30.4 Å². The van der Waals surface area contributed by atoms with Crippen LogP contribution in [-0.2, 0) is 9.47 Å². The van der Waals surface area contributed by atoms with Crippen molar-refractivity contribution in [1.82, 2.24) is 0 Å². The highest BCUT2D eigenvalue weighted by Gasteiger charge is 2.43. The molecule has 2 aliphatic heterocycles. The minimum atomic E-state index is -2.58. The molecule has 1 spiro atoms. The third-order valence-corrected chi connectivity index (χ3v) is 5.19.